The van der Waals surface area contributed by atoms with E-state index in [9.17, 15) is 8.78 Å². The quantitative estimate of drug-likeness (QED) is 0.306. The van der Waals surface area contributed by atoms with Gasteiger partial charge in [-0.3, -0.25) is 4.99 Å². The molecule has 0 spiro atoms. The van der Waals surface area contributed by atoms with Gasteiger partial charge in [-0.2, -0.15) is 4.39 Å². The number of halogens is 2. The van der Waals surface area contributed by atoms with Gasteiger partial charge in [0, 0.05) is 6.21 Å². The lowest BCUT2D eigenvalue weighted by Crippen LogP contribution is -2.00. The predicted molar refractivity (Wildman–Crippen MR) is 108 cm³/mol. The van der Waals surface area contributed by atoms with Crippen molar-refractivity contribution >= 4 is 11.9 Å². The van der Waals surface area contributed by atoms with Gasteiger partial charge in [-0.25, -0.2) is 4.39 Å². The average molecular weight is 373 g/mol. The van der Waals surface area contributed by atoms with Gasteiger partial charge in [-0.05, 0) is 42.5 Å². The molecule has 4 heteroatoms. The molecule has 0 amide bonds. The highest BCUT2D eigenvalue weighted by atomic mass is 19.2. The molecule has 0 radical (unpaired) electrons. The monoisotopic (exact) mass is 373 g/mol. The first-order valence-electron chi connectivity index (χ1n) is 9.89. The standard InChI is InChI=1S/C23H29F2NO/c1-3-5-7-9-18-10-12-19(13-11-18)17-26-20-14-15-21(23(25)22(20)24)27-16-8-6-4-2/h10-15,17H,3-9,16H2,1-2H3. The molecule has 146 valence electrons. The van der Waals surface area contributed by atoms with Crippen molar-refractivity contribution < 1.29 is 13.5 Å². The molecule has 0 aliphatic carbocycles. The van der Waals surface area contributed by atoms with Crippen LogP contribution < -0.4 is 4.74 Å². The van der Waals surface area contributed by atoms with Gasteiger partial charge in [0.25, 0.3) is 0 Å². The molecule has 0 unspecified atom stereocenters. The summed E-state index contributed by atoms with van der Waals surface area (Å²) in [7, 11) is 0. The summed E-state index contributed by atoms with van der Waals surface area (Å²) in [4.78, 5) is 4.10. The molecule has 2 rings (SSSR count). The molecule has 0 aliphatic heterocycles. The van der Waals surface area contributed by atoms with Crippen LogP contribution in [0.5, 0.6) is 5.75 Å². The Bertz CT molecular complexity index is 726. The van der Waals surface area contributed by atoms with E-state index in [1.807, 2.05) is 12.1 Å². The molecule has 2 nitrogen and oxygen atoms in total. The maximum atomic E-state index is 14.2. The third-order valence-electron chi connectivity index (χ3n) is 4.43. The van der Waals surface area contributed by atoms with Gasteiger partial charge in [0.2, 0.25) is 5.82 Å². The van der Waals surface area contributed by atoms with Crippen molar-refractivity contribution in [1.29, 1.82) is 0 Å². The SMILES string of the molecule is CCCCCOc1ccc(N=Cc2ccc(CCCCC)cc2)c(F)c1F. The Morgan fingerprint density at radius 1 is 0.852 bits per heavy atom. The summed E-state index contributed by atoms with van der Waals surface area (Å²) in [6.07, 6.45) is 9.10. The average Bonchev–Trinajstić information content (AvgIpc) is 2.69. The van der Waals surface area contributed by atoms with E-state index in [2.05, 4.69) is 31.0 Å². The first-order valence-corrected chi connectivity index (χ1v) is 9.89. The highest BCUT2D eigenvalue weighted by molar-refractivity contribution is 5.82. The molecule has 0 fully saturated rings. The van der Waals surface area contributed by atoms with Crippen molar-refractivity contribution in [3.63, 3.8) is 0 Å². The smallest absolute Gasteiger partial charge is 0.202 e. The van der Waals surface area contributed by atoms with Crippen molar-refractivity contribution in [2.24, 2.45) is 4.99 Å². The fourth-order valence-electron chi connectivity index (χ4n) is 2.76. The minimum atomic E-state index is -0.979. The van der Waals surface area contributed by atoms with E-state index in [4.69, 9.17) is 4.74 Å². The van der Waals surface area contributed by atoms with Gasteiger partial charge in [-0.1, -0.05) is 63.8 Å². The molecular formula is C23H29F2NO. The van der Waals surface area contributed by atoms with Crippen LogP contribution in [0.2, 0.25) is 0 Å². The van der Waals surface area contributed by atoms with E-state index >= 15 is 0 Å². The lowest BCUT2D eigenvalue weighted by atomic mass is 10.1. The number of aliphatic imine (C=N–C) groups is 1. The van der Waals surface area contributed by atoms with Crippen LogP contribution in [0.25, 0.3) is 0 Å². The Morgan fingerprint density at radius 3 is 2.26 bits per heavy atom. The molecule has 0 heterocycles. The predicted octanol–water partition coefficient (Wildman–Crippen LogP) is 7.02. The van der Waals surface area contributed by atoms with Crippen molar-refractivity contribution in [3.8, 4) is 5.75 Å². The van der Waals surface area contributed by atoms with Gasteiger partial charge in [0.15, 0.2) is 11.6 Å². The van der Waals surface area contributed by atoms with Crippen LogP contribution in [0.4, 0.5) is 14.5 Å². The van der Waals surface area contributed by atoms with Crippen LogP contribution >= 0.6 is 0 Å². The zero-order valence-electron chi connectivity index (χ0n) is 16.3. The zero-order valence-corrected chi connectivity index (χ0v) is 16.3. The maximum Gasteiger partial charge on any atom is 0.202 e. The fraction of sp³-hybridized carbons (Fsp3) is 0.435. The highest BCUT2D eigenvalue weighted by Gasteiger charge is 2.13. The molecule has 0 aliphatic rings. The number of hydrogen-bond acceptors (Lipinski definition) is 2. The summed E-state index contributed by atoms with van der Waals surface area (Å²) in [6.45, 7) is 4.65. The van der Waals surface area contributed by atoms with Crippen molar-refractivity contribution in [3.05, 3.63) is 59.2 Å². The Morgan fingerprint density at radius 2 is 1.56 bits per heavy atom. The number of hydrogen-bond donors (Lipinski definition) is 0. The van der Waals surface area contributed by atoms with Crippen LogP contribution in [-0.4, -0.2) is 12.8 Å². The Hall–Kier alpha value is -2.23. The highest BCUT2D eigenvalue weighted by Crippen LogP contribution is 2.28. The summed E-state index contributed by atoms with van der Waals surface area (Å²) >= 11 is 0. The van der Waals surface area contributed by atoms with E-state index in [0.29, 0.717) is 6.61 Å². The van der Waals surface area contributed by atoms with E-state index in [0.717, 1.165) is 31.2 Å². The topological polar surface area (TPSA) is 21.6 Å². The largest absolute Gasteiger partial charge is 0.490 e. The first kappa shape index (κ1) is 21.1. The second kappa shape index (κ2) is 11.5. The summed E-state index contributed by atoms with van der Waals surface area (Å²) in [6, 6.07) is 10.9. The number of unbranched alkanes of at least 4 members (excludes halogenated alkanes) is 4. The number of ether oxygens (including phenoxy) is 1. The third-order valence-corrected chi connectivity index (χ3v) is 4.43. The second-order valence-corrected chi connectivity index (χ2v) is 6.72. The minimum Gasteiger partial charge on any atom is -0.490 e. The minimum absolute atomic E-state index is 0.0274. The Kier molecular flexibility index (Phi) is 8.96. The van der Waals surface area contributed by atoms with Gasteiger partial charge in [0.05, 0.1) is 6.61 Å². The van der Waals surface area contributed by atoms with E-state index in [1.165, 1.54) is 37.0 Å². The fourth-order valence-corrected chi connectivity index (χ4v) is 2.76. The molecule has 0 atom stereocenters. The van der Waals surface area contributed by atoms with Crippen LogP contribution in [-0.2, 0) is 6.42 Å². The van der Waals surface area contributed by atoms with Crippen LogP contribution in [0.1, 0.15) is 63.5 Å². The molecule has 2 aromatic carbocycles. The van der Waals surface area contributed by atoms with Crippen LogP contribution in [0.15, 0.2) is 41.4 Å². The van der Waals surface area contributed by atoms with Crippen molar-refractivity contribution in [2.75, 3.05) is 6.61 Å². The van der Waals surface area contributed by atoms with Crippen LogP contribution in [0.3, 0.4) is 0 Å². The number of rotatable bonds is 11. The van der Waals surface area contributed by atoms with E-state index < -0.39 is 11.6 Å². The lowest BCUT2D eigenvalue weighted by molar-refractivity contribution is 0.286. The summed E-state index contributed by atoms with van der Waals surface area (Å²) in [5.74, 6) is -2.01. The third kappa shape index (κ3) is 6.78. The second-order valence-electron chi connectivity index (χ2n) is 6.72. The number of benzene rings is 2. The number of aryl methyl sites for hydroxylation is 1. The number of nitrogens with zero attached hydrogens (tertiary/aromatic N) is 1. The molecule has 27 heavy (non-hydrogen) atoms. The summed E-state index contributed by atoms with van der Waals surface area (Å²) < 4.78 is 33.7. The Labute approximate surface area is 161 Å². The van der Waals surface area contributed by atoms with Gasteiger partial charge in [0.1, 0.15) is 5.69 Å². The molecule has 0 bridgehead atoms. The normalized spacial score (nSPS) is 11.3. The van der Waals surface area contributed by atoms with Gasteiger partial charge < -0.3 is 4.74 Å². The molecule has 2 aromatic rings. The molecule has 0 N–H and O–H groups in total. The zero-order chi connectivity index (χ0) is 19.5. The van der Waals surface area contributed by atoms with Crippen LogP contribution in [0, 0.1) is 11.6 Å². The van der Waals surface area contributed by atoms with Gasteiger partial charge >= 0.3 is 0 Å². The van der Waals surface area contributed by atoms with E-state index in [-0.39, 0.29) is 11.4 Å². The Balaban J connectivity index is 1.98. The summed E-state index contributed by atoms with van der Waals surface area (Å²) in [5.41, 5.74) is 2.11. The van der Waals surface area contributed by atoms with Gasteiger partial charge in [-0.15, -0.1) is 0 Å². The molecule has 0 saturated heterocycles. The first-order chi connectivity index (χ1) is 13.2. The lowest BCUT2D eigenvalue weighted by Gasteiger charge is -2.08. The molecule has 0 saturated carbocycles. The molecule has 0 aromatic heterocycles. The summed E-state index contributed by atoms with van der Waals surface area (Å²) in [5, 5.41) is 0. The van der Waals surface area contributed by atoms with E-state index in [1.54, 1.807) is 6.21 Å². The van der Waals surface area contributed by atoms with Crippen molar-refractivity contribution in [1.82, 2.24) is 0 Å². The molecular weight excluding hydrogens is 344 g/mol. The van der Waals surface area contributed by atoms with Crippen molar-refractivity contribution in [2.45, 2.75) is 58.8 Å². The maximum absolute atomic E-state index is 14.2.